The third-order valence-electron chi connectivity index (χ3n) is 3.13. The number of ether oxygens (including phenoxy) is 1. The molecule has 0 fully saturated rings. The molecule has 0 aliphatic carbocycles. The van der Waals surface area contributed by atoms with E-state index in [4.69, 9.17) is 10.5 Å². The summed E-state index contributed by atoms with van der Waals surface area (Å²) in [6.45, 7) is 1.46. The van der Waals surface area contributed by atoms with E-state index in [-0.39, 0.29) is 11.5 Å². The average molecular weight is 274 g/mol. The van der Waals surface area contributed by atoms with Crippen molar-refractivity contribution in [1.29, 1.82) is 0 Å². The van der Waals surface area contributed by atoms with Crippen molar-refractivity contribution in [2.75, 3.05) is 19.9 Å². The van der Waals surface area contributed by atoms with E-state index in [1.165, 1.54) is 11.6 Å². The highest BCUT2D eigenvalue weighted by molar-refractivity contribution is 5.41. The van der Waals surface area contributed by atoms with Crippen LogP contribution in [0.15, 0.2) is 42.5 Å². The van der Waals surface area contributed by atoms with Crippen molar-refractivity contribution >= 4 is 5.69 Å². The van der Waals surface area contributed by atoms with Crippen LogP contribution in [0.25, 0.3) is 0 Å². The van der Waals surface area contributed by atoms with Crippen molar-refractivity contribution in [3.63, 3.8) is 0 Å². The van der Waals surface area contributed by atoms with Gasteiger partial charge in [0.05, 0.1) is 12.8 Å². The summed E-state index contributed by atoms with van der Waals surface area (Å²) in [5.74, 6) is 0.484. The molecule has 0 atom stereocenters. The second-order valence-corrected chi connectivity index (χ2v) is 4.88. The smallest absolute Gasteiger partial charge is 0.146 e. The Bertz CT molecular complexity index is 569. The molecule has 0 aliphatic rings. The van der Waals surface area contributed by atoms with Crippen LogP contribution in [0.4, 0.5) is 10.1 Å². The molecule has 0 saturated carbocycles. The zero-order valence-corrected chi connectivity index (χ0v) is 11.8. The van der Waals surface area contributed by atoms with Crippen LogP contribution < -0.4 is 10.5 Å². The Labute approximate surface area is 118 Å². The van der Waals surface area contributed by atoms with Crippen LogP contribution in [0.5, 0.6) is 5.75 Å². The summed E-state index contributed by atoms with van der Waals surface area (Å²) in [5, 5.41) is 0. The number of rotatable bonds is 5. The lowest BCUT2D eigenvalue weighted by Crippen LogP contribution is -2.17. The summed E-state index contributed by atoms with van der Waals surface area (Å²) in [6.07, 6.45) is 0. The molecule has 4 heteroatoms. The van der Waals surface area contributed by atoms with Gasteiger partial charge in [-0.3, -0.25) is 4.90 Å². The lowest BCUT2D eigenvalue weighted by Gasteiger charge is -2.17. The summed E-state index contributed by atoms with van der Waals surface area (Å²) in [6, 6.07) is 12.9. The minimum atomic E-state index is -0.361. The monoisotopic (exact) mass is 274 g/mol. The standard InChI is InChI=1S/C16H19FN2O/c1-19(10-12-3-6-14(20-2)7-4-12)11-13-5-8-16(18)15(17)9-13/h3-9H,10-11,18H2,1-2H3. The third kappa shape index (κ3) is 3.71. The number of nitrogens with zero attached hydrogens (tertiary/aromatic N) is 1. The summed E-state index contributed by atoms with van der Waals surface area (Å²) in [5.41, 5.74) is 7.75. The number of nitrogens with two attached hydrogens (primary N) is 1. The first kappa shape index (κ1) is 14.3. The van der Waals surface area contributed by atoms with Crippen LogP contribution in [0.1, 0.15) is 11.1 Å². The normalized spacial score (nSPS) is 10.8. The minimum Gasteiger partial charge on any atom is -0.497 e. The van der Waals surface area contributed by atoms with E-state index in [0.29, 0.717) is 6.54 Å². The van der Waals surface area contributed by atoms with Gasteiger partial charge in [-0.25, -0.2) is 4.39 Å². The maximum Gasteiger partial charge on any atom is 0.146 e. The van der Waals surface area contributed by atoms with E-state index >= 15 is 0 Å². The lowest BCUT2D eigenvalue weighted by molar-refractivity contribution is 0.318. The predicted molar refractivity (Wildman–Crippen MR) is 79.0 cm³/mol. The molecular formula is C16H19FN2O. The van der Waals surface area contributed by atoms with Crippen molar-refractivity contribution in [1.82, 2.24) is 4.90 Å². The van der Waals surface area contributed by atoms with Crippen molar-refractivity contribution < 1.29 is 9.13 Å². The second kappa shape index (κ2) is 6.39. The van der Waals surface area contributed by atoms with Crippen LogP contribution in [0.3, 0.4) is 0 Å². The molecule has 0 bridgehead atoms. The largest absolute Gasteiger partial charge is 0.497 e. The number of halogens is 1. The molecule has 0 saturated heterocycles. The van der Waals surface area contributed by atoms with Crippen LogP contribution in [-0.2, 0) is 13.1 Å². The van der Waals surface area contributed by atoms with Gasteiger partial charge in [-0.2, -0.15) is 0 Å². The van der Waals surface area contributed by atoms with E-state index < -0.39 is 0 Å². The Morgan fingerprint density at radius 2 is 1.65 bits per heavy atom. The van der Waals surface area contributed by atoms with Crippen LogP contribution in [0.2, 0.25) is 0 Å². The first-order valence-corrected chi connectivity index (χ1v) is 6.44. The molecule has 3 nitrogen and oxygen atoms in total. The van der Waals surface area contributed by atoms with Gasteiger partial charge in [0, 0.05) is 13.1 Å². The van der Waals surface area contributed by atoms with Gasteiger partial charge in [0.15, 0.2) is 0 Å². The molecule has 2 aromatic rings. The van der Waals surface area contributed by atoms with Crippen LogP contribution >= 0.6 is 0 Å². The Balaban J connectivity index is 1.97. The van der Waals surface area contributed by atoms with Crippen molar-refractivity contribution in [3.05, 3.63) is 59.4 Å². The molecular weight excluding hydrogens is 255 g/mol. The molecule has 0 unspecified atom stereocenters. The summed E-state index contributed by atoms with van der Waals surface area (Å²) >= 11 is 0. The Morgan fingerprint density at radius 3 is 2.25 bits per heavy atom. The third-order valence-corrected chi connectivity index (χ3v) is 3.13. The number of methoxy groups -OCH3 is 1. The van der Waals surface area contributed by atoms with E-state index in [2.05, 4.69) is 4.90 Å². The molecule has 2 rings (SSSR count). The van der Waals surface area contributed by atoms with Gasteiger partial charge >= 0.3 is 0 Å². The molecule has 0 amide bonds. The molecule has 0 radical (unpaired) electrons. The van der Waals surface area contributed by atoms with E-state index in [9.17, 15) is 4.39 Å². The SMILES string of the molecule is COc1ccc(CN(C)Cc2ccc(N)c(F)c2)cc1. The van der Waals surface area contributed by atoms with Gasteiger partial charge in [-0.1, -0.05) is 18.2 Å². The number of benzene rings is 2. The number of nitrogen functional groups attached to an aromatic ring is 1. The highest BCUT2D eigenvalue weighted by Gasteiger charge is 2.05. The van der Waals surface area contributed by atoms with E-state index in [1.807, 2.05) is 37.4 Å². The van der Waals surface area contributed by atoms with Crippen molar-refractivity contribution in [2.45, 2.75) is 13.1 Å². The van der Waals surface area contributed by atoms with Gasteiger partial charge in [0.1, 0.15) is 11.6 Å². The Kier molecular flexibility index (Phi) is 4.58. The zero-order chi connectivity index (χ0) is 14.5. The van der Waals surface area contributed by atoms with E-state index in [1.54, 1.807) is 13.2 Å². The summed E-state index contributed by atoms with van der Waals surface area (Å²) in [4.78, 5) is 2.12. The second-order valence-electron chi connectivity index (χ2n) is 4.88. The maximum atomic E-state index is 13.4. The topological polar surface area (TPSA) is 38.5 Å². The molecule has 0 aromatic heterocycles. The van der Waals surface area contributed by atoms with E-state index in [0.717, 1.165) is 17.9 Å². The predicted octanol–water partition coefficient (Wildman–Crippen LogP) is 3.05. The maximum absolute atomic E-state index is 13.4. The highest BCUT2D eigenvalue weighted by atomic mass is 19.1. The number of hydrogen-bond donors (Lipinski definition) is 1. The molecule has 2 aromatic carbocycles. The van der Waals surface area contributed by atoms with Gasteiger partial charge < -0.3 is 10.5 Å². The molecule has 2 N–H and O–H groups in total. The van der Waals surface area contributed by atoms with Crippen molar-refractivity contribution in [2.24, 2.45) is 0 Å². The Hall–Kier alpha value is -2.07. The lowest BCUT2D eigenvalue weighted by atomic mass is 10.1. The quantitative estimate of drug-likeness (QED) is 0.852. The van der Waals surface area contributed by atoms with Gasteiger partial charge in [-0.15, -0.1) is 0 Å². The highest BCUT2D eigenvalue weighted by Crippen LogP contribution is 2.16. The summed E-state index contributed by atoms with van der Waals surface area (Å²) < 4.78 is 18.5. The number of hydrogen-bond acceptors (Lipinski definition) is 3. The van der Waals surface area contributed by atoms with Crippen LogP contribution in [-0.4, -0.2) is 19.1 Å². The van der Waals surface area contributed by atoms with Gasteiger partial charge in [-0.05, 0) is 42.4 Å². The fourth-order valence-electron chi connectivity index (χ4n) is 2.08. The molecule has 0 heterocycles. The minimum absolute atomic E-state index is 0.187. The first-order valence-electron chi connectivity index (χ1n) is 6.44. The first-order chi connectivity index (χ1) is 9.58. The molecule has 20 heavy (non-hydrogen) atoms. The van der Waals surface area contributed by atoms with Gasteiger partial charge in [0.2, 0.25) is 0 Å². The van der Waals surface area contributed by atoms with Crippen molar-refractivity contribution in [3.8, 4) is 5.75 Å². The molecule has 106 valence electrons. The van der Waals surface area contributed by atoms with Gasteiger partial charge in [0.25, 0.3) is 0 Å². The molecule has 0 spiro atoms. The van der Waals surface area contributed by atoms with Crippen LogP contribution in [0, 0.1) is 5.82 Å². The zero-order valence-electron chi connectivity index (χ0n) is 11.8. The number of anilines is 1. The Morgan fingerprint density at radius 1 is 1.05 bits per heavy atom. The fourth-order valence-corrected chi connectivity index (χ4v) is 2.08. The average Bonchev–Trinajstić information content (AvgIpc) is 2.44. The molecule has 0 aliphatic heterocycles. The fraction of sp³-hybridized carbons (Fsp3) is 0.250. The summed E-state index contributed by atoms with van der Waals surface area (Å²) in [7, 11) is 3.65.